The van der Waals surface area contributed by atoms with Crippen molar-refractivity contribution >= 4 is 17.9 Å². The highest BCUT2D eigenvalue weighted by Gasteiger charge is 2.19. The van der Waals surface area contributed by atoms with E-state index < -0.39 is 6.10 Å². The maximum Gasteiger partial charge on any atom is 0.306 e. The van der Waals surface area contributed by atoms with E-state index in [-0.39, 0.29) is 37.5 Å². The van der Waals surface area contributed by atoms with E-state index in [2.05, 4.69) is 130 Å². The van der Waals surface area contributed by atoms with Crippen LogP contribution in [0.15, 0.2) is 109 Å². The molecule has 0 aromatic carbocycles. The molecule has 0 saturated carbocycles. The van der Waals surface area contributed by atoms with Crippen molar-refractivity contribution in [2.24, 2.45) is 0 Å². The molecule has 0 N–H and O–H groups in total. The van der Waals surface area contributed by atoms with Gasteiger partial charge in [0, 0.05) is 19.3 Å². The molecule has 73 heavy (non-hydrogen) atoms. The Hall–Kier alpha value is -3.93. The molecule has 0 saturated heterocycles. The van der Waals surface area contributed by atoms with Crippen molar-refractivity contribution < 1.29 is 28.6 Å². The molecule has 0 fully saturated rings. The Balaban J connectivity index is 4.51. The predicted octanol–water partition coefficient (Wildman–Crippen LogP) is 20.7. The summed E-state index contributed by atoms with van der Waals surface area (Å²) < 4.78 is 16.8. The fourth-order valence-electron chi connectivity index (χ4n) is 8.23. The van der Waals surface area contributed by atoms with Crippen molar-refractivity contribution in [1.29, 1.82) is 0 Å². The quantitative estimate of drug-likeness (QED) is 0.0261. The van der Waals surface area contributed by atoms with Crippen molar-refractivity contribution in [3.63, 3.8) is 0 Å². The van der Waals surface area contributed by atoms with Crippen LogP contribution in [0.5, 0.6) is 0 Å². The van der Waals surface area contributed by atoms with Crippen molar-refractivity contribution in [3.8, 4) is 0 Å². The van der Waals surface area contributed by atoms with Crippen molar-refractivity contribution in [2.45, 2.75) is 284 Å². The van der Waals surface area contributed by atoms with Gasteiger partial charge in [0.25, 0.3) is 0 Å². The second-order valence-electron chi connectivity index (χ2n) is 19.9. The van der Waals surface area contributed by atoms with E-state index in [0.717, 1.165) is 103 Å². The average molecular weight is 1010 g/mol. The van der Waals surface area contributed by atoms with E-state index in [0.29, 0.717) is 19.3 Å². The summed E-state index contributed by atoms with van der Waals surface area (Å²) in [6.07, 6.45) is 82.3. The first-order valence-corrected chi connectivity index (χ1v) is 30.4. The number of hydrogen-bond donors (Lipinski definition) is 0. The normalized spacial score (nSPS) is 12.9. The summed E-state index contributed by atoms with van der Waals surface area (Å²) in [5, 5.41) is 0. The number of hydrogen-bond acceptors (Lipinski definition) is 6. The van der Waals surface area contributed by atoms with Crippen LogP contribution < -0.4 is 0 Å². The molecule has 0 heterocycles. The SMILES string of the molecule is CC/C=C\C/C=C\C/C=C\C/C=C\C/C=C\CCCC(=O)OC[C@H](COC(=O)CCCCC/C=C\C/C=C\C/C=C\C/C=C\CCCCC)OC(=O)CCCCCCCCCCCCCCCCCCCCC. The number of allylic oxidation sites excluding steroid dienone is 18. The van der Waals surface area contributed by atoms with Gasteiger partial charge in [-0.15, -0.1) is 0 Å². The van der Waals surface area contributed by atoms with E-state index >= 15 is 0 Å². The third-order valence-electron chi connectivity index (χ3n) is 12.8. The molecule has 0 aromatic heterocycles. The molecule has 6 heteroatoms. The molecule has 6 nitrogen and oxygen atoms in total. The smallest absolute Gasteiger partial charge is 0.306 e. The lowest BCUT2D eigenvalue weighted by atomic mass is 10.0. The fraction of sp³-hybridized carbons (Fsp3) is 0.687. The topological polar surface area (TPSA) is 78.9 Å². The number of ether oxygens (including phenoxy) is 3. The second kappa shape index (κ2) is 60.6. The molecule has 0 amide bonds. The molecule has 0 aromatic rings. The molecule has 0 radical (unpaired) electrons. The summed E-state index contributed by atoms with van der Waals surface area (Å²) in [6, 6.07) is 0. The first kappa shape index (κ1) is 69.1. The molecule has 0 aliphatic carbocycles. The summed E-state index contributed by atoms with van der Waals surface area (Å²) in [5.74, 6) is -0.993. The van der Waals surface area contributed by atoms with Crippen molar-refractivity contribution in [2.75, 3.05) is 13.2 Å². The zero-order valence-electron chi connectivity index (χ0n) is 47.6. The number of esters is 3. The van der Waals surface area contributed by atoms with Gasteiger partial charge in [-0.25, -0.2) is 0 Å². The van der Waals surface area contributed by atoms with Crippen LogP contribution in [0.4, 0.5) is 0 Å². The van der Waals surface area contributed by atoms with Gasteiger partial charge in [0.15, 0.2) is 6.10 Å². The summed E-state index contributed by atoms with van der Waals surface area (Å²) in [4.78, 5) is 38.2. The Morgan fingerprint density at radius 2 is 0.548 bits per heavy atom. The van der Waals surface area contributed by atoms with Gasteiger partial charge in [-0.2, -0.15) is 0 Å². The van der Waals surface area contributed by atoms with Crippen LogP contribution in [0.2, 0.25) is 0 Å². The Morgan fingerprint density at radius 3 is 0.918 bits per heavy atom. The van der Waals surface area contributed by atoms with E-state index in [1.165, 1.54) is 128 Å². The minimum absolute atomic E-state index is 0.112. The molecule has 0 aliphatic rings. The maximum absolute atomic E-state index is 12.9. The number of carbonyl (C=O) groups excluding carboxylic acids is 3. The standard InChI is InChI=1S/C67H112O6/c1-4-7-10-13-16-19-22-25-28-31-33-36-39-42-45-48-51-54-57-60-66(69)72-63-64(62-71-65(68)59-56-53-50-47-44-41-38-35-30-27-24-21-18-15-12-9-6-3)73-67(70)61-58-55-52-49-46-43-40-37-34-32-29-26-23-20-17-14-11-8-5-2/h9,12,16,18-19,21,25,27-28,30,33,36,38,41-42,45,47,50,64H,4-8,10-11,13-15,17,20,22-24,26,29,31-32,34-35,37,39-40,43-44,46,48-49,51-63H2,1-3H3/b12-9-,19-16-,21-18-,28-25-,30-27-,36-33-,41-38-,45-42-,50-47-/t64-/m1/s1. The Morgan fingerprint density at radius 1 is 0.288 bits per heavy atom. The van der Waals surface area contributed by atoms with Crippen LogP contribution in [0.1, 0.15) is 278 Å². The number of unbranched alkanes of at least 4 members (excludes halogenated alkanes) is 25. The number of carbonyl (C=O) groups is 3. The summed E-state index contributed by atoms with van der Waals surface area (Å²) in [6.45, 7) is 6.44. The Bertz CT molecular complexity index is 1490. The number of rotatable bonds is 54. The van der Waals surface area contributed by atoms with Crippen molar-refractivity contribution in [1.82, 2.24) is 0 Å². The minimum atomic E-state index is -0.816. The zero-order chi connectivity index (χ0) is 52.9. The van der Waals surface area contributed by atoms with Gasteiger partial charge in [-0.05, 0) is 103 Å². The highest BCUT2D eigenvalue weighted by Crippen LogP contribution is 2.16. The maximum atomic E-state index is 12.9. The zero-order valence-corrected chi connectivity index (χ0v) is 47.6. The van der Waals surface area contributed by atoms with E-state index in [1.54, 1.807) is 0 Å². The molecule has 0 rings (SSSR count). The second-order valence-corrected chi connectivity index (χ2v) is 19.9. The first-order valence-electron chi connectivity index (χ1n) is 30.4. The third kappa shape index (κ3) is 58.8. The lowest BCUT2D eigenvalue weighted by molar-refractivity contribution is -0.167. The van der Waals surface area contributed by atoms with Gasteiger partial charge in [0.2, 0.25) is 0 Å². The lowest BCUT2D eigenvalue weighted by Crippen LogP contribution is -2.30. The predicted molar refractivity (Wildman–Crippen MR) is 316 cm³/mol. The molecule has 416 valence electrons. The van der Waals surface area contributed by atoms with Gasteiger partial charge in [-0.1, -0.05) is 265 Å². The Labute approximate surface area is 450 Å². The highest BCUT2D eigenvalue weighted by molar-refractivity contribution is 5.71. The summed E-state index contributed by atoms with van der Waals surface area (Å²) >= 11 is 0. The van der Waals surface area contributed by atoms with Crippen LogP contribution >= 0.6 is 0 Å². The lowest BCUT2D eigenvalue weighted by Gasteiger charge is -2.18. The van der Waals surface area contributed by atoms with Gasteiger partial charge in [0.1, 0.15) is 13.2 Å². The molecular formula is C67H112O6. The first-order chi connectivity index (χ1) is 36.0. The van der Waals surface area contributed by atoms with Gasteiger partial charge in [-0.3, -0.25) is 14.4 Å². The van der Waals surface area contributed by atoms with Crippen molar-refractivity contribution in [3.05, 3.63) is 109 Å². The third-order valence-corrected chi connectivity index (χ3v) is 12.8. The van der Waals surface area contributed by atoms with Crippen LogP contribution in [0.25, 0.3) is 0 Å². The van der Waals surface area contributed by atoms with Crippen LogP contribution in [0.3, 0.4) is 0 Å². The fourth-order valence-corrected chi connectivity index (χ4v) is 8.23. The van der Waals surface area contributed by atoms with E-state index in [1.807, 2.05) is 0 Å². The molecular weight excluding hydrogens is 901 g/mol. The minimum Gasteiger partial charge on any atom is -0.462 e. The van der Waals surface area contributed by atoms with E-state index in [9.17, 15) is 14.4 Å². The largest absolute Gasteiger partial charge is 0.462 e. The van der Waals surface area contributed by atoms with Gasteiger partial charge >= 0.3 is 17.9 Å². The van der Waals surface area contributed by atoms with Crippen LogP contribution in [-0.4, -0.2) is 37.2 Å². The summed E-state index contributed by atoms with van der Waals surface area (Å²) in [5.41, 5.74) is 0. The van der Waals surface area contributed by atoms with Crippen LogP contribution in [0, 0.1) is 0 Å². The average Bonchev–Trinajstić information content (AvgIpc) is 3.39. The molecule has 0 spiro atoms. The summed E-state index contributed by atoms with van der Waals surface area (Å²) in [7, 11) is 0. The molecule has 0 aliphatic heterocycles. The molecule has 1 atom stereocenters. The molecule has 0 unspecified atom stereocenters. The monoisotopic (exact) mass is 1010 g/mol. The van der Waals surface area contributed by atoms with Crippen LogP contribution in [-0.2, 0) is 28.6 Å². The van der Waals surface area contributed by atoms with Gasteiger partial charge in [0.05, 0.1) is 0 Å². The van der Waals surface area contributed by atoms with E-state index in [4.69, 9.17) is 14.2 Å². The Kier molecular flexibility index (Phi) is 57.4. The highest BCUT2D eigenvalue weighted by atomic mass is 16.6. The van der Waals surface area contributed by atoms with Gasteiger partial charge < -0.3 is 14.2 Å². The molecule has 0 bridgehead atoms.